The highest BCUT2D eigenvalue weighted by molar-refractivity contribution is 7.17. The van der Waals surface area contributed by atoms with Crippen molar-refractivity contribution in [3.05, 3.63) is 53.1 Å². The molecule has 8 nitrogen and oxygen atoms in total. The molecule has 1 aliphatic carbocycles. The Labute approximate surface area is 236 Å². The van der Waals surface area contributed by atoms with Crippen LogP contribution in [-0.4, -0.2) is 73.4 Å². The Morgan fingerprint density at radius 3 is 2.41 bits per heavy atom. The fourth-order valence-electron chi connectivity index (χ4n) is 4.45. The molecule has 2 heterocycles. The number of nitriles is 1. The number of hydrogen-bond donors (Lipinski definition) is 1. The molecule has 2 amide bonds. The van der Waals surface area contributed by atoms with Crippen LogP contribution in [0.25, 0.3) is 21.1 Å². The van der Waals surface area contributed by atoms with E-state index < -0.39 is 0 Å². The normalized spacial score (nSPS) is 13.7. The molecule has 39 heavy (non-hydrogen) atoms. The number of likely N-dealkylation sites (tertiary alicyclic amines) is 1. The molecule has 2 aliphatic rings. The number of nitrogens with one attached hydrogen (secondary N) is 1. The van der Waals surface area contributed by atoms with Crippen LogP contribution in [0.4, 0.5) is 4.79 Å². The average Bonchev–Trinajstić information content (AvgIpc) is 3.70. The Morgan fingerprint density at radius 2 is 1.77 bits per heavy atom. The lowest BCUT2D eigenvalue weighted by Crippen LogP contribution is -2.35. The van der Waals surface area contributed by atoms with Gasteiger partial charge in [0.05, 0.1) is 11.7 Å². The fourth-order valence-corrected chi connectivity index (χ4v) is 5.35. The Balaban J connectivity index is 0.000000268. The number of nitrogens with zero attached hydrogens (tertiary/aromatic N) is 5. The molecule has 0 unspecified atom stereocenters. The van der Waals surface area contributed by atoms with E-state index in [4.69, 9.17) is 4.74 Å². The molecule has 2 aromatic carbocycles. The van der Waals surface area contributed by atoms with Crippen molar-refractivity contribution in [2.24, 2.45) is 0 Å². The lowest BCUT2D eigenvalue weighted by Gasteiger charge is -2.13. The Kier molecular flexibility index (Phi) is 11.3. The van der Waals surface area contributed by atoms with Gasteiger partial charge in [0.15, 0.2) is 0 Å². The van der Waals surface area contributed by atoms with Crippen LogP contribution in [0.3, 0.4) is 0 Å². The molecule has 1 fully saturated rings. The third-order valence-corrected chi connectivity index (χ3v) is 7.12. The van der Waals surface area contributed by atoms with Gasteiger partial charge in [-0.3, -0.25) is 0 Å². The van der Waals surface area contributed by atoms with Crippen molar-refractivity contribution in [1.29, 1.82) is 5.26 Å². The number of carbonyl (C=O) groups excluding carboxylic acids is 1. The average molecular weight is 549 g/mol. The summed E-state index contributed by atoms with van der Waals surface area (Å²) >= 11 is 1.57. The minimum atomic E-state index is 0.0289. The number of amides is 2. The summed E-state index contributed by atoms with van der Waals surface area (Å²) in [6.07, 6.45) is 5.82. The number of aryl methyl sites for hydroxylation is 1. The molecule has 5 rings (SSSR count). The topological polar surface area (TPSA) is 94.4 Å². The molecule has 1 saturated heterocycles. The van der Waals surface area contributed by atoms with Gasteiger partial charge in [-0.2, -0.15) is 5.26 Å². The molecular weight excluding hydrogens is 508 g/mol. The van der Waals surface area contributed by atoms with E-state index in [-0.39, 0.29) is 12.1 Å². The summed E-state index contributed by atoms with van der Waals surface area (Å²) in [5, 5.41) is 22.6. The summed E-state index contributed by atoms with van der Waals surface area (Å²) in [6.45, 7) is 5.76. The second-order valence-electron chi connectivity index (χ2n) is 10.3. The molecule has 9 heteroatoms. The third-order valence-electron chi connectivity index (χ3n) is 6.12. The van der Waals surface area contributed by atoms with Crippen molar-refractivity contribution in [3.63, 3.8) is 0 Å². The van der Waals surface area contributed by atoms with Crippen LogP contribution in [0.15, 0.2) is 36.4 Å². The first-order valence-electron chi connectivity index (χ1n) is 13.5. The van der Waals surface area contributed by atoms with Crippen LogP contribution in [0.1, 0.15) is 49.8 Å². The van der Waals surface area contributed by atoms with E-state index in [0.717, 1.165) is 54.4 Å². The van der Waals surface area contributed by atoms with Crippen LogP contribution in [0.5, 0.6) is 5.75 Å². The van der Waals surface area contributed by atoms with Crippen LogP contribution in [0.2, 0.25) is 0 Å². The van der Waals surface area contributed by atoms with Gasteiger partial charge in [0.1, 0.15) is 21.8 Å². The maximum Gasteiger partial charge on any atom is 0.317 e. The first-order chi connectivity index (χ1) is 18.7. The van der Waals surface area contributed by atoms with Crippen LogP contribution in [0, 0.1) is 11.3 Å². The molecule has 0 atom stereocenters. The van der Waals surface area contributed by atoms with E-state index in [1.807, 2.05) is 63.0 Å². The predicted octanol–water partition coefficient (Wildman–Crippen LogP) is 5.62. The zero-order valence-corrected chi connectivity index (χ0v) is 24.8. The Bertz CT molecular complexity index is 1270. The number of hydrogen-bond acceptors (Lipinski definition) is 7. The SMILES string of the molecule is CC(C)Oc1ccc(-c2nnc(-c3cccc4c3CCC4)s2)cc1C#N.CN(C)C.CNC(=O)N1CCCC1. The molecule has 0 spiro atoms. The van der Waals surface area contributed by atoms with Crippen molar-refractivity contribution in [3.8, 4) is 33.0 Å². The third kappa shape index (κ3) is 8.50. The number of urea groups is 1. The van der Waals surface area contributed by atoms with Crippen LogP contribution < -0.4 is 10.1 Å². The monoisotopic (exact) mass is 548 g/mol. The zero-order chi connectivity index (χ0) is 28.4. The van der Waals surface area contributed by atoms with Gasteiger partial charge in [-0.25, -0.2) is 4.79 Å². The highest BCUT2D eigenvalue weighted by Gasteiger charge is 2.19. The summed E-state index contributed by atoms with van der Waals surface area (Å²) in [4.78, 5) is 14.7. The maximum absolute atomic E-state index is 10.8. The first-order valence-corrected chi connectivity index (χ1v) is 14.3. The van der Waals surface area contributed by atoms with E-state index in [0.29, 0.717) is 11.3 Å². The number of aromatic nitrogens is 2. The Hall–Kier alpha value is -3.48. The van der Waals surface area contributed by atoms with Gasteiger partial charge in [-0.1, -0.05) is 29.5 Å². The highest BCUT2D eigenvalue weighted by atomic mass is 32.1. The molecule has 1 aromatic heterocycles. The quantitative estimate of drug-likeness (QED) is 0.455. The lowest BCUT2D eigenvalue weighted by molar-refractivity contribution is 0.211. The number of rotatable bonds is 4. The van der Waals surface area contributed by atoms with Gasteiger partial charge in [0.25, 0.3) is 0 Å². The minimum Gasteiger partial charge on any atom is -0.490 e. The van der Waals surface area contributed by atoms with Gasteiger partial charge >= 0.3 is 6.03 Å². The standard InChI is InChI=1S/C21H19N3OS.C6H12N2O.C3H9N/c1-13(2)25-19-10-9-15(11-16(19)12-22)20-23-24-21(26-20)18-8-4-6-14-5-3-7-17(14)18;1-7-6(9)8-4-2-3-5-8;1-4(2)3/h4,6,8-11,13H,3,5,7H2,1-2H3;2-5H2,1H3,(H,7,9);1-3H3. The van der Waals surface area contributed by atoms with Gasteiger partial charge in [0, 0.05) is 31.3 Å². The second kappa shape index (κ2) is 14.6. The van der Waals surface area contributed by atoms with Crippen LogP contribution in [-0.2, 0) is 12.8 Å². The number of carbonyl (C=O) groups is 1. The van der Waals surface area contributed by atoms with Crippen LogP contribution >= 0.6 is 11.3 Å². The van der Waals surface area contributed by atoms with E-state index in [1.54, 1.807) is 18.4 Å². The first kappa shape index (κ1) is 30.1. The minimum absolute atomic E-state index is 0.0289. The molecular formula is C30H40N6O2S. The van der Waals surface area contributed by atoms with Gasteiger partial charge in [0.2, 0.25) is 0 Å². The van der Waals surface area contributed by atoms with Gasteiger partial charge < -0.3 is 19.9 Å². The second-order valence-corrected chi connectivity index (χ2v) is 11.3. The van der Waals surface area contributed by atoms with Crippen molar-refractivity contribution in [1.82, 2.24) is 25.3 Å². The smallest absolute Gasteiger partial charge is 0.317 e. The summed E-state index contributed by atoms with van der Waals surface area (Å²) < 4.78 is 5.70. The maximum atomic E-state index is 10.8. The van der Waals surface area contributed by atoms with E-state index in [1.165, 1.54) is 23.1 Å². The van der Waals surface area contributed by atoms with Crippen molar-refractivity contribution in [2.45, 2.75) is 52.1 Å². The lowest BCUT2D eigenvalue weighted by atomic mass is 10.0. The summed E-state index contributed by atoms with van der Waals surface area (Å²) in [6, 6.07) is 14.3. The number of ether oxygens (including phenoxy) is 1. The summed E-state index contributed by atoms with van der Waals surface area (Å²) in [5.74, 6) is 0.608. The molecule has 3 aromatic rings. The summed E-state index contributed by atoms with van der Waals surface area (Å²) in [5.41, 5.74) is 5.46. The van der Waals surface area contributed by atoms with E-state index in [9.17, 15) is 10.1 Å². The van der Waals surface area contributed by atoms with Crippen molar-refractivity contribution < 1.29 is 9.53 Å². The Morgan fingerprint density at radius 1 is 1.08 bits per heavy atom. The molecule has 208 valence electrons. The fraction of sp³-hybridized carbons (Fsp3) is 0.467. The predicted molar refractivity (Wildman–Crippen MR) is 158 cm³/mol. The van der Waals surface area contributed by atoms with E-state index >= 15 is 0 Å². The largest absolute Gasteiger partial charge is 0.490 e. The van der Waals surface area contributed by atoms with Crippen molar-refractivity contribution in [2.75, 3.05) is 41.3 Å². The zero-order valence-electron chi connectivity index (χ0n) is 24.0. The number of benzene rings is 2. The van der Waals surface area contributed by atoms with Gasteiger partial charge in [-0.05, 0) is 96.4 Å². The molecule has 0 radical (unpaired) electrons. The van der Waals surface area contributed by atoms with Crippen molar-refractivity contribution >= 4 is 17.4 Å². The number of fused-ring (bicyclic) bond motifs is 1. The molecule has 0 saturated carbocycles. The molecule has 1 N–H and O–H groups in total. The molecule has 1 aliphatic heterocycles. The van der Waals surface area contributed by atoms with Gasteiger partial charge in [-0.15, -0.1) is 10.2 Å². The van der Waals surface area contributed by atoms with E-state index in [2.05, 4.69) is 39.8 Å². The highest BCUT2D eigenvalue weighted by Crippen LogP contribution is 2.37. The summed E-state index contributed by atoms with van der Waals surface area (Å²) in [7, 11) is 7.67. The molecule has 0 bridgehead atoms.